The van der Waals surface area contributed by atoms with E-state index in [1.807, 2.05) is 18.7 Å². The number of hydrogen-bond acceptors (Lipinski definition) is 5. The van der Waals surface area contributed by atoms with Gasteiger partial charge in [-0.2, -0.15) is 5.10 Å². The summed E-state index contributed by atoms with van der Waals surface area (Å²) >= 11 is 0. The van der Waals surface area contributed by atoms with Gasteiger partial charge in [0.05, 0.1) is 4.92 Å². The lowest BCUT2D eigenvalue weighted by molar-refractivity contribution is -0.385. The van der Waals surface area contributed by atoms with Gasteiger partial charge < -0.3 is 10.6 Å². The van der Waals surface area contributed by atoms with E-state index >= 15 is 0 Å². The van der Waals surface area contributed by atoms with Gasteiger partial charge in [-0.25, -0.2) is 4.68 Å². The molecule has 1 aromatic heterocycles. The molecule has 2 atom stereocenters. The molecule has 0 aromatic carbocycles. The van der Waals surface area contributed by atoms with Crippen LogP contribution in [0.5, 0.6) is 0 Å². The summed E-state index contributed by atoms with van der Waals surface area (Å²) in [5.74, 6) is 0.957. The highest BCUT2D eigenvalue weighted by Crippen LogP contribution is 2.36. The molecule has 2 unspecified atom stereocenters. The van der Waals surface area contributed by atoms with Crippen LogP contribution < -0.4 is 10.6 Å². The molecule has 0 spiro atoms. The molecule has 0 aliphatic carbocycles. The Balaban J connectivity index is 2.43. The molecule has 1 fully saturated rings. The van der Waals surface area contributed by atoms with E-state index < -0.39 is 0 Å². The van der Waals surface area contributed by atoms with Gasteiger partial charge >= 0.3 is 5.69 Å². The predicted octanol–water partition coefficient (Wildman–Crippen LogP) is 1.63. The van der Waals surface area contributed by atoms with Gasteiger partial charge in [0.15, 0.2) is 0 Å². The van der Waals surface area contributed by atoms with Crippen LogP contribution >= 0.6 is 0 Å². The number of piperidine rings is 1. The summed E-state index contributed by atoms with van der Waals surface area (Å²) in [4.78, 5) is 13.2. The Kier molecular flexibility index (Phi) is 3.99. The maximum Gasteiger partial charge on any atom is 0.334 e. The molecule has 2 N–H and O–H groups in total. The van der Waals surface area contributed by atoms with Gasteiger partial charge in [0.1, 0.15) is 5.69 Å². The van der Waals surface area contributed by atoms with Gasteiger partial charge in [0.2, 0.25) is 5.82 Å². The number of aryl methyl sites for hydroxylation is 1. The van der Waals surface area contributed by atoms with E-state index in [2.05, 4.69) is 12.0 Å². The molecule has 0 saturated carbocycles. The van der Waals surface area contributed by atoms with E-state index in [0.717, 1.165) is 19.5 Å². The van der Waals surface area contributed by atoms with Crippen molar-refractivity contribution in [1.29, 1.82) is 0 Å². The summed E-state index contributed by atoms with van der Waals surface area (Å²) in [6, 6.07) is 0.170. The third kappa shape index (κ3) is 2.49. The molecule has 7 heteroatoms. The fraction of sp³-hybridized carbons (Fsp3) is 0.769. The molecule has 2 heterocycles. The van der Waals surface area contributed by atoms with E-state index in [1.165, 1.54) is 0 Å². The van der Waals surface area contributed by atoms with Crippen LogP contribution in [-0.4, -0.2) is 33.8 Å². The van der Waals surface area contributed by atoms with Gasteiger partial charge in [-0.3, -0.25) is 10.1 Å². The average Bonchev–Trinajstić information content (AvgIpc) is 2.71. The molecule has 0 bridgehead atoms. The first kappa shape index (κ1) is 14.8. The van der Waals surface area contributed by atoms with Crippen molar-refractivity contribution in [2.75, 3.05) is 18.0 Å². The van der Waals surface area contributed by atoms with Crippen LogP contribution in [0, 0.1) is 16.0 Å². The molecular formula is C13H23N5O2. The number of nitrogens with zero attached hydrogens (tertiary/aromatic N) is 4. The number of hydrogen-bond donors (Lipinski definition) is 1. The molecule has 0 amide bonds. The Hall–Kier alpha value is -1.63. The van der Waals surface area contributed by atoms with E-state index in [4.69, 9.17) is 5.73 Å². The first-order valence-electron chi connectivity index (χ1n) is 7.04. The minimum Gasteiger partial charge on any atom is -0.351 e. The Bertz CT molecular complexity index is 511. The maximum atomic E-state index is 11.4. The maximum absolute atomic E-state index is 11.4. The van der Waals surface area contributed by atoms with Crippen LogP contribution in [0.2, 0.25) is 0 Å². The molecule has 112 valence electrons. The van der Waals surface area contributed by atoms with Gasteiger partial charge in [-0.1, -0.05) is 20.8 Å². The third-order valence-corrected chi connectivity index (χ3v) is 4.02. The van der Waals surface area contributed by atoms with Crippen LogP contribution in [0.15, 0.2) is 0 Å². The summed E-state index contributed by atoms with van der Waals surface area (Å²) < 4.78 is 1.64. The third-order valence-electron chi connectivity index (χ3n) is 4.02. The van der Waals surface area contributed by atoms with E-state index in [-0.39, 0.29) is 22.6 Å². The van der Waals surface area contributed by atoms with Gasteiger partial charge in [-0.05, 0) is 12.3 Å². The fourth-order valence-corrected chi connectivity index (χ4v) is 2.80. The number of anilines is 1. The number of nitro groups is 1. The molecule has 1 aromatic rings. The summed E-state index contributed by atoms with van der Waals surface area (Å²) in [5.41, 5.74) is 6.72. The van der Waals surface area contributed by atoms with Crippen LogP contribution in [-0.2, 0) is 7.05 Å². The van der Waals surface area contributed by atoms with Crippen molar-refractivity contribution in [3.05, 3.63) is 15.8 Å². The van der Waals surface area contributed by atoms with Crippen LogP contribution in [0.1, 0.15) is 38.8 Å². The number of aromatic nitrogens is 2. The monoisotopic (exact) mass is 281 g/mol. The second-order valence-electron chi connectivity index (χ2n) is 5.97. The SMILES string of the molecule is CC(C)c1nn(C)c(N2CCC(N)C(C)C2)c1[N+](=O)[O-]. The van der Waals surface area contributed by atoms with Crippen molar-refractivity contribution in [3.8, 4) is 0 Å². The zero-order valence-corrected chi connectivity index (χ0v) is 12.5. The van der Waals surface area contributed by atoms with Gasteiger partial charge in [0.25, 0.3) is 0 Å². The number of rotatable bonds is 3. The summed E-state index contributed by atoms with van der Waals surface area (Å²) in [5, 5.41) is 15.8. The molecule has 20 heavy (non-hydrogen) atoms. The Morgan fingerprint density at radius 2 is 2.15 bits per heavy atom. The van der Waals surface area contributed by atoms with E-state index in [1.54, 1.807) is 11.7 Å². The lowest BCUT2D eigenvalue weighted by Crippen LogP contribution is -2.46. The second-order valence-corrected chi connectivity index (χ2v) is 5.97. The minimum atomic E-state index is -0.309. The quantitative estimate of drug-likeness (QED) is 0.671. The molecule has 1 aliphatic heterocycles. The standard InChI is InChI=1S/C13H23N5O2/c1-8(2)11-12(18(19)20)13(16(4)15-11)17-6-5-10(14)9(3)7-17/h8-10H,5-7,14H2,1-4H3. The van der Waals surface area contributed by atoms with Crippen molar-refractivity contribution < 1.29 is 4.92 Å². The predicted molar refractivity (Wildman–Crippen MR) is 77.9 cm³/mol. The summed E-state index contributed by atoms with van der Waals surface area (Å²) in [6.45, 7) is 7.41. The molecule has 2 rings (SSSR count). The normalized spacial score (nSPS) is 23.4. The zero-order chi connectivity index (χ0) is 15.0. The average molecular weight is 281 g/mol. The first-order valence-corrected chi connectivity index (χ1v) is 7.04. The highest BCUT2D eigenvalue weighted by molar-refractivity contribution is 5.62. The molecule has 1 saturated heterocycles. The van der Waals surface area contributed by atoms with Crippen molar-refractivity contribution in [2.45, 2.75) is 39.2 Å². The van der Waals surface area contributed by atoms with Crippen molar-refractivity contribution >= 4 is 11.5 Å². The highest BCUT2D eigenvalue weighted by atomic mass is 16.6. The van der Waals surface area contributed by atoms with Gasteiger partial charge in [0, 0.05) is 32.1 Å². The van der Waals surface area contributed by atoms with Crippen LogP contribution in [0.25, 0.3) is 0 Å². The molecular weight excluding hydrogens is 258 g/mol. The minimum absolute atomic E-state index is 0.0276. The lowest BCUT2D eigenvalue weighted by atomic mass is 9.94. The van der Waals surface area contributed by atoms with Crippen LogP contribution in [0.4, 0.5) is 11.5 Å². The summed E-state index contributed by atoms with van der Waals surface area (Å²) in [6.07, 6.45) is 0.848. The number of nitrogens with two attached hydrogens (primary N) is 1. The van der Waals surface area contributed by atoms with E-state index in [0.29, 0.717) is 17.4 Å². The molecule has 7 nitrogen and oxygen atoms in total. The molecule has 1 aliphatic rings. The smallest absolute Gasteiger partial charge is 0.334 e. The first-order chi connectivity index (χ1) is 9.32. The Morgan fingerprint density at radius 3 is 2.65 bits per heavy atom. The Morgan fingerprint density at radius 1 is 1.50 bits per heavy atom. The fourth-order valence-electron chi connectivity index (χ4n) is 2.80. The van der Waals surface area contributed by atoms with Crippen LogP contribution in [0.3, 0.4) is 0 Å². The van der Waals surface area contributed by atoms with Crippen molar-refractivity contribution in [1.82, 2.24) is 9.78 Å². The highest BCUT2D eigenvalue weighted by Gasteiger charge is 2.34. The van der Waals surface area contributed by atoms with Gasteiger partial charge in [-0.15, -0.1) is 0 Å². The zero-order valence-electron chi connectivity index (χ0n) is 12.5. The van der Waals surface area contributed by atoms with Crippen molar-refractivity contribution in [3.63, 3.8) is 0 Å². The van der Waals surface area contributed by atoms with E-state index in [9.17, 15) is 10.1 Å². The largest absolute Gasteiger partial charge is 0.351 e. The van der Waals surface area contributed by atoms with Crippen molar-refractivity contribution in [2.24, 2.45) is 18.7 Å². The lowest BCUT2D eigenvalue weighted by Gasteiger charge is -2.35. The Labute approximate surface area is 118 Å². The topological polar surface area (TPSA) is 90.2 Å². The second kappa shape index (κ2) is 5.40. The summed E-state index contributed by atoms with van der Waals surface area (Å²) in [7, 11) is 1.77. The molecule has 0 radical (unpaired) electrons.